The van der Waals surface area contributed by atoms with E-state index in [9.17, 15) is 4.79 Å². The molecule has 1 heterocycles. The van der Waals surface area contributed by atoms with Gasteiger partial charge in [0.25, 0.3) is 0 Å². The van der Waals surface area contributed by atoms with Gasteiger partial charge in [-0.1, -0.05) is 12.1 Å². The molecule has 16 heavy (non-hydrogen) atoms. The second kappa shape index (κ2) is 4.63. The number of quaternary nitrogens is 1. The molecule has 1 aromatic heterocycles. The van der Waals surface area contributed by atoms with Crippen molar-refractivity contribution in [1.82, 2.24) is 9.97 Å². The van der Waals surface area contributed by atoms with Crippen LogP contribution >= 0.6 is 0 Å². The van der Waals surface area contributed by atoms with E-state index in [0.29, 0.717) is 19.1 Å². The lowest BCUT2D eigenvalue weighted by Crippen LogP contribution is -2.52. The van der Waals surface area contributed by atoms with Gasteiger partial charge in [0.05, 0.1) is 11.0 Å². The molecule has 0 atom stereocenters. The van der Waals surface area contributed by atoms with Crippen LogP contribution in [0.5, 0.6) is 0 Å². The zero-order valence-electron chi connectivity index (χ0n) is 8.69. The average Bonchev–Trinajstić information content (AvgIpc) is 2.68. The molecule has 6 nitrogen and oxygen atoms in total. The molecule has 1 aromatic carbocycles. The van der Waals surface area contributed by atoms with Crippen LogP contribution in [0.3, 0.4) is 0 Å². The number of H-pyrrole nitrogens is 1. The molecule has 84 valence electrons. The number of rotatable bonds is 3. The fraction of sp³-hybridized carbons (Fsp3) is 0.200. The van der Waals surface area contributed by atoms with E-state index >= 15 is 0 Å². The van der Waals surface area contributed by atoms with Gasteiger partial charge in [-0.15, -0.1) is 0 Å². The number of aromatic amines is 1. The van der Waals surface area contributed by atoms with Gasteiger partial charge in [0.1, 0.15) is 13.2 Å². The molecule has 0 radical (unpaired) electrons. The summed E-state index contributed by atoms with van der Waals surface area (Å²) in [5, 5.41) is 2.51. The van der Waals surface area contributed by atoms with Gasteiger partial charge in [0.2, 0.25) is 5.95 Å². The summed E-state index contributed by atoms with van der Waals surface area (Å²) in [6.45, 7) is 0.847. The van der Waals surface area contributed by atoms with Crippen LogP contribution in [-0.2, 0) is 4.74 Å². The maximum atomic E-state index is 11.2. The molecular formula is C10H13N4O2+. The first-order valence-corrected chi connectivity index (χ1v) is 4.97. The Labute approximate surface area is 91.8 Å². The summed E-state index contributed by atoms with van der Waals surface area (Å²) in [6, 6.07) is 7.52. The summed E-state index contributed by atoms with van der Waals surface area (Å²) in [4.78, 5) is 18.4. The summed E-state index contributed by atoms with van der Waals surface area (Å²) < 4.78 is 4.82. The number of imidazole rings is 1. The highest BCUT2D eigenvalue weighted by molar-refractivity contribution is 5.86. The van der Waals surface area contributed by atoms with E-state index in [1.165, 1.54) is 0 Å². The molecule has 0 aliphatic heterocycles. The summed E-state index contributed by atoms with van der Waals surface area (Å²) in [7, 11) is 0. The molecule has 0 fully saturated rings. The summed E-state index contributed by atoms with van der Waals surface area (Å²) in [6.07, 6.45) is -0.525. The van der Waals surface area contributed by atoms with Gasteiger partial charge in [0.15, 0.2) is 0 Å². The Morgan fingerprint density at radius 3 is 3.06 bits per heavy atom. The molecule has 2 aromatic rings. The van der Waals surface area contributed by atoms with E-state index in [4.69, 9.17) is 4.74 Å². The van der Waals surface area contributed by atoms with Crippen molar-refractivity contribution in [2.24, 2.45) is 0 Å². The number of anilines is 1. The second-order valence-electron chi connectivity index (χ2n) is 3.22. The van der Waals surface area contributed by atoms with Crippen molar-refractivity contribution < 1.29 is 15.3 Å². The van der Waals surface area contributed by atoms with Gasteiger partial charge < -0.3 is 15.5 Å². The zero-order chi connectivity index (χ0) is 11.4. The van der Waals surface area contributed by atoms with E-state index in [1.807, 2.05) is 24.3 Å². The molecule has 0 aliphatic rings. The molecule has 2 rings (SSSR count). The minimum Gasteiger partial charge on any atom is -0.443 e. The number of ether oxygens (including phenoxy) is 1. The highest BCUT2D eigenvalue weighted by Crippen LogP contribution is 2.13. The first-order chi connectivity index (χ1) is 7.79. The highest BCUT2D eigenvalue weighted by Gasteiger charge is 2.06. The van der Waals surface area contributed by atoms with Gasteiger partial charge in [-0.2, -0.15) is 0 Å². The lowest BCUT2D eigenvalue weighted by molar-refractivity contribution is -0.371. The van der Waals surface area contributed by atoms with Crippen LogP contribution < -0.4 is 11.1 Å². The number of carbonyl (C=O) groups is 1. The number of benzene rings is 1. The van der Waals surface area contributed by atoms with E-state index in [-0.39, 0.29) is 0 Å². The van der Waals surface area contributed by atoms with Gasteiger partial charge in [-0.3, -0.25) is 5.32 Å². The Morgan fingerprint density at radius 2 is 2.31 bits per heavy atom. The number of aromatic nitrogens is 2. The molecule has 5 N–H and O–H groups in total. The monoisotopic (exact) mass is 221 g/mol. The van der Waals surface area contributed by atoms with Crippen LogP contribution in [0.4, 0.5) is 10.7 Å². The van der Waals surface area contributed by atoms with Crippen molar-refractivity contribution in [2.45, 2.75) is 0 Å². The quantitative estimate of drug-likeness (QED) is 0.698. The van der Waals surface area contributed by atoms with Crippen LogP contribution in [0.25, 0.3) is 11.0 Å². The van der Waals surface area contributed by atoms with Crippen molar-refractivity contribution in [2.75, 3.05) is 18.5 Å². The number of nitrogens with zero attached hydrogens (tertiary/aromatic N) is 1. The van der Waals surface area contributed by atoms with E-state index in [0.717, 1.165) is 11.0 Å². The molecule has 0 bridgehead atoms. The summed E-state index contributed by atoms with van der Waals surface area (Å²) in [5.41, 5.74) is 5.24. The Balaban J connectivity index is 2.07. The van der Waals surface area contributed by atoms with Gasteiger partial charge in [-0.05, 0) is 12.1 Å². The summed E-state index contributed by atoms with van der Waals surface area (Å²) in [5.74, 6) is 0.385. The first kappa shape index (κ1) is 10.4. The third kappa shape index (κ3) is 2.29. The normalized spacial score (nSPS) is 10.3. The third-order valence-electron chi connectivity index (χ3n) is 1.99. The number of hydrogen-bond donors (Lipinski definition) is 3. The zero-order valence-corrected chi connectivity index (χ0v) is 8.69. The molecule has 0 spiro atoms. The Kier molecular flexibility index (Phi) is 3.02. The summed E-state index contributed by atoms with van der Waals surface area (Å²) >= 11 is 0. The van der Waals surface area contributed by atoms with E-state index < -0.39 is 6.09 Å². The van der Waals surface area contributed by atoms with E-state index in [2.05, 4.69) is 21.0 Å². The Morgan fingerprint density at radius 1 is 1.50 bits per heavy atom. The molecular weight excluding hydrogens is 208 g/mol. The number of carbonyl (C=O) groups excluding carboxylic acids is 1. The van der Waals surface area contributed by atoms with Crippen molar-refractivity contribution in [3.63, 3.8) is 0 Å². The van der Waals surface area contributed by atoms with Crippen molar-refractivity contribution >= 4 is 23.1 Å². The predicted octanol–water partition coefficient (Wildman–Crippen LogP) is 0.353. The number of fused-ring (bicyclic) bond motifs is 1. The minimum absolute atomic E-state index is 0.298. The lowest BCUT2D eigenvalue weighted by Gasteiger charge is -2.01. The number of para-hydroxylation sites is 2. The molecule has 6 heteroatoms. The van der Waals surface area contributed by atoms with Crippen LogP contribution in [-0.4, -0.2) is 29.2 Å². The van der Waals surface area contributed by atoms with E-state index in [1.54, 1.807) is 0 Å². The van der Waals surface area contributed by atoms with Crippen LogP contribution in [0.15, 0.2) is 24.3 Å². The van der Waals surface area contributed by atoms with Crippen molar-refractivity contribution in [3.8, 4) is 0 Å². The molecule has 0 saturated heterocycles. The standard InChI is InChI=1S/C10H12N4O2/c11-5-6-16-10(15)14-9-12-7-3-1-2-4-8(7)13-9/h1-4H,5-6,11H2,(H2,12,13,14,15)/p+1. The molecule has 0 unspecified atom stereocenters. The predicted molar refractivity (Wildman–Crippen MR) is 58.8 cm³/mol. The second-order valence-corrected chi connectivity index (χ2v) is 3.22. The Bertz CT molecular complexity index is 461. The third-order valence-corrected chi connectivity index (χ3v) is 1.99. The lowest BCUT2D eigenvalue weighted by atomic mass is 10.3. The highest BCUT2D eigenvalue weighted by atomic mass is 16.5. The SMILES string of the molecule is [NH3+]CCOC(=O)Nc1nc2ccccc2[nH]1. The molecule has 1 amide bonds. The fourth-order valence-corrected chi connectivity index (χ4v) is 1.31. The van der Waals surface area contributed by atoms with Gasteiger partial charge in [-0.25, -0.2) is 9.78 Å². The number of hydrogen-bond acceptors (Lipinski definition) is 3. The van der Waals surface area contributed by atoms with Crippen molar-refractivity contribution in [1.29, 1.82) is 0 Å². The van der Waals surface area contributed by atoms with Gasteiger partial charge >= 0.3 is 6.09 Å². The topological polar surface area (TPSA) is 94.7 Å². The fourth-order valence-electron chi connectivity index (χ4n) is 1.31. The average molecular weight is 221 g/mol. The molecule has 0 aliphatic carbocycles. The largest absolute Gasteiger partial charge is 0.443 e. The first-order valence-electron chi connectivity index (χ1n) is 4.97. The maximum Gasteiger partial charge on any atom is 0.414 e. The van der Waals surface area contributed by atoms with Gasteiger partial charge in [0, 0.05) is 0 Å². The number of amides is 1. The van der Waals surface area contributed by atoms with Crippen LogP contribution in [0, 0.1) is 0 Å². The van der Waals surface area contributed by atoms with Crippen LogP contribution in [0.2, 0.25) is 0 Å². The minimum atomic E-state index is -0.525. The maximum absolute atomic E-state index is 11.2. The number of nitrogens with one attached hydrogen (secondary N) is 2. The smallest absolute Gasteiger partial charge is 0.414 e. The van der Waals surface area contributed by atoms with Crippen LogP contribution in [0.1, 0.15) is 0 Å². The Hall–Kier alpha value is -2.08. The molecule has 0 saturated carbocycles. The van der Waals surface area contributed by atoms with Crippen molar-refractivity contribution in [3.05, 3.63) is 24.3 Å².